The summed E-state index contributed by atoms with van der Waals surface area (Å²) in [6.07, 6.45) is 1.15. The highest BCUT2D eigenvalue weighted by Gasteiger charge is 2.17. The summed E-state index contributed by atoms with van der Waals surface area (Å²) >= 11 is 5.57. The van der Waals surface area contributed by atoms with Crippen LogP contribution in [0.3, 0.4) is 0 Å². The van der Waals surface area contributed by atoms with Crippen LogP contribution in [0.4, 0.5) is 0 Å². The highest BCUT2D eigenvalue weighted by Crippen LogP contribution is 2.24. The molecule has 102 valence electrons. The third-order valence-electron chi connectivity index (χ3n) is 3.30. The third-order valence-corrected chi connectivity index (χ3v) is 3.44. The number of alkyl halides is 1. The van der Waals surface area contributed by atoms with Crippen LogP contribution in [0.2, 0.25) is 0 Å². The summed E-state index contributed by atoms with van der Waals surface area (Å²) in [5, 5.41) is 2.30. The summed E-state index contributed by atoms with van der Waals surface area (Å²) in [5.74, 6) is 7.15. The minimum atomic E-state index is 0.182. The maximum atomic E-state index is 5.91. The van der Waals surface area contributed by atoms with E-state index < -0.39 is 0 Å². The molecule has 0 aromatic heterocycles. The molecule has 2 nitrogen and oxygen atoms in total. The van der Waals surface area contributed by atoms with Gasteiger partial charge in [0.2, 0.25) is 0 Å². The van der Waals surface area contributed by atoms with Crippen LogP contribution in [-0.2, 0) is 4.74 Å². The van der Waals surface area contributed by atoms with Crippen molar-refractivity contribution in [3.63, 3.8) is 0 Å². The molecule has 0 amide bonds. The average Bonchev–Trinajstić information content (AvgIpc) is 2.98. The van der Waals surface area contributed by atoms with Gasteiger partial charge in [-0.15, -0.1) is 11.6 Å². The average molecular weight is 287 g/mol. The van der Waals surface area contributed by atoms with Gasteiger partial charge in [0.25, 0.3) is 0 Å². The molecule has 0 N–H and O–H groups in total. The van der Waals surface area contributed by atoms with Gasteiger partial charge in [-0.05, 0) is 35.0 Å². The zero-order chi connectivity index (χ0) is 13.8. The summed E-state index contributed by atoms with van der Waals surface area (Å²) in [6.45, 7) is 1.48. The molecule has 1 unspecified atom stereocenters. The molecule has 3 rings (SSSR count). The maximum absolute atomic E-state index is 5.91. The molecule has 0 bridgehead atoms. The Morgan fingerprint density at radius 2 is 2.05 bits per heavy atom. The molecule has 0 aliphatic carbocycles. The summed E-state index contributed by atoms with van der Waals surface area (Å²) in [7, 11) is 0. The highest BCUT2D eigenvalue weighted by atomic mass is 35.5. The van der Waals surface area contributed by atoms with Crippen molar-refractivity contribution >= 4 is 22.4 Å². The molecule has 1 fully saturated rings. The Hall–Kier alpha value is -1.69. The number of fused-ring (bicyclic) bond motifs is 1. The van der Waals surface area contributed by atoms with E-state index in [1.165, 1.54) is 0 Å². The summed E-state index contributed by atoms with van der Waals surface area (Å²) in [5.41, 5.74) is 0.982. The molecule has 0 radical (unpaired) electrons. The zero-order valence-electron chi connectivity index (χ0n) is 11.1. The molecule has 1 heterocycles. The number of halogens is 1. The van der Waals surface area contributed by atoms with Crippen molar-refractivity contribution in [2.24, 2.45) is 0 Å². The van der Waals surface area contributed by atoms with Crippen LogP contribution >= 0.6 is 11.6 Å². The van der Waals surface area contributed by atoms with E-state index in [-0.39, 0.29) is 6.10 Å². The second-order valence-corrected chi connectivity index (χ2v) is 5.03. The Kier molecular flexibility index (Phi) is 4.11. The van der Waals surface area contributed by atoms with Gasteiger partial charge in [-0.1, -0.05) is 24.0 Å². The number of benzene rings is 2. The van der Waals surface area contributed by atoms with E-state index >= 15 is 0 Å². The second kappa shape index (κ2) is 6.17. The molecule has 1 aliphatic rings. The van der Waals surface area contributed by atoms with Crippen LogP contribution in [0.15, 0.2) is 36.4 Å². The third kappa shape index (κ3) is 3.07. The van der Waals surface area contributed by atoms with Crippen LogP contribution in [0.25, 0.3) is 10.8 Å². The fourth-order valence-corrected chi connectivity index (χ4v) is 2.38. The van der Waals surface area contributed by atoms with E-state index in [9.17, 15) is 0 Å². The standard InChI is InChI=1S/C17H15ClO2/c18-8-1-2-13-3-4-15-11-16(6-5-14(15)10-13)20-17-7-9-19-12-17/h3-6,10-11,17H,7-9,12H2. The smallest absolute Gasteiger partial charge is 0.124 e. The van der Waals surface area contributed by atoms with E-state index in [0.29, 0.717) is 12.5 Å². The van der Waals surface area contributed by atoms with Crippen molar-refractivity contribution in [2.45, 2.75) is 12.5 Å². The first-order chi connectivity index (χ1) is 9.85. The van der Waals surface area contributed by atoms with Crippen molar-refractivity contribution in [1.82, 2.24) is 0 Å². The molecule has 3 heteroatoms. The van der Waals surface area contributed by atoms with Crippen LogP contribution in [0, 0.1) is 11.8 Å². The van der Waals surface area contributed by atoms with Crippen LogP contribution in [0.1, 0.15) is 12.0 Å². The topological polar surface area (TPSA) is 18.5 Å². The van der Waals surface area contributed by atoms with Crippen molar-refractivity contribution in [1.29, 1.82) is 0 Å². The van der Waals surface area contributed by atoms with Gasteiger partial charge < -0.3 is 9.47 Å². The van der Waals surface area contributed by atoms with E-state index in [2.05, 4.69) is 36.1 Å². The van der Waals surface area contributed by atoms with E-state index in [1.54, 1.807) is 0 Å². The quantitative estimate of drug-likeness (QED) is 0.620. The van der Waals surface area contributed by atoms with E-state index in [1.807, 2.05) is 12.1 Å². The van der Waals surface area contributed by atoms with Crippen molar-refractivity contribution in [2.75, 3.05) is 19.1 Å². The van der Waals surface area contributed by atoms with Gasteiger partial charge in [0.15, 0.2) is 0 Å². The highest BCUT2D eigenvalue weighted by molar-refractivity contribution is 6.19. The lowest BCUT2D eigenvalue weighted by molar-refractivity contribution is 0.141. The first-order valence-electron chi connectivity index (χ1n) is 6.68. The van der Waals surface area contributed by atoms with Gasteiger partial charge >= 0.3 is 0 Å². The molecule has 1 aliphatic heterocycles. The Labute approximate surface area is 123 Å². The lowest BCUT2D eigenvalue weighted by atomic mass is 10.1. The minimum Gasteiger partial charge on any atom is -0.488 e. The van der Waals surface area contributed by atoms with Crippen molar-refractivity contribution in [3.8, 4) is 17.6 Å². The number of rotatable bonds is 2. The van der Waals surface area contributed by atoms with Gasteiger partial charge in [0, 0.05) is 12.0 Å². The number of ether oxygens (including phenoxy) is 2. The second-order valence-electron chi connectivity index (χ2n) is 4.76. The summed E-state index contributed by atoms with van der Waals surface area (Å²) < 4.78 is 11.2. The van der Waals surface area contributed by atoms with Crippen LogP contribution in [0.5, 0.6) is 5.75 Å². The monoisotopic (exact) mass is 286 g/mol. The van der Waals surface area contributed by atoms with Crippen LogP contribution < -0.4 is 4.74 Å². The first kappa shape index (κ1) is 13.3. The molecule has 2 aromatic carbocycles. The predicted octanol–water partition coefficient (Wildman–Crippen LogP) is 3.60. The molecule has 1 saturated heterocycles. The number of hydrogen-bond donors (Lipinski definition) is 0. The Morgan fingerprint density at radius 1 is 1.20 bits per heavy atom. The zero-order valence-corrected chi connectivity index (χ0v) is 11.8. The molecule has 2 aromatic rings. The van der Waals surface area contributed by atoms with Crippen LogP contribution in [-0.4, -0.2) is 25.2 Å². The Morgan fingerprint density at radius 3 is 2.85 bits per heavy atom. The first-order valence-corrected chi connectivity index (χ1v) is 7.22. The Bertz CT molecular complexity index is 663. The van der Waals surface area contributed by atoms with Gasteiger partial charge in [-0.3, -0.25) is 0 Å². The van der Waals surface area contributed by atoms with Crippen molar-refractivity contribution in [3.05, 3.63) is 42.0 Å². The predicted molar refractivity (Wildman–Crippen MR) is 81.4 cm³/mol. The largest absolute Gasteiger partial charge is 0.488 e. The van der Waals surface area contributed by atoms with E-state index in [0.717, 1.165) is 35.1 Å². The lowest BCUT2D eigenvalue weighted by Crippen LogP contribution is -2.15. The fourth-order valence-electron chi connectivity index (χ4n) is 2.31. The molecule has 0 spiro atoms. The van der Waals surface area contributed by atoms with Crippen molar-refractivity contribution < 1.29 is 9.47 Å². The molecular weight excluding hydrogens is 272 g/mol. The van der Waals surface area contributed by atoms with E-state index in [4.69, 9.17) is 21.1 Å². The SMILES string of the molecule is ClCC#Cc1ccc2cc(OC3CCOC3)ccc2c1. The number of hydrogen-bond acceptors (Lipinski definition) is 2. The molecule has 1 atom stereocenters. The van der Waals surface area contributed by atoms with Gasteiger partial charge in [0.1, 0.15) is 11.9 Å². The molecule has 0 saturated carbocycles. The summed E-state index contributed by atoms with van der Waals surface area (Å²) in [6, 6.07) is 12.3. The lowest BCUT2D eigenvalue weighted by Gasteiger charge is -2.12. The van der Waals surface area contributed by atoms with Gasteiger partial charge in [-0.2, -0.15) is 0 Å². The molecule has 20 heavy (non-hydrogen) atoms. The molecular formula is C17H15ClO2. The van der Waals surface area contributed by atoms with Gasteiger partial charge in [-0.25, -0.2) is 0 Å². The fraction of sp³-hybridized carbons (Fsp3) is 0.294. The normalized spacial score (nSPS) is 17.8. The summed E-state index contributed by atoms with van der Waals surface area (Å²) in [4.78, 5) is 0. The minimum absolute atomic E-state index is 0.182. The Balaban J connectivity index is 1.84. The maximum Gasteiger partial charge on any atom is 0.124 e. The van der Waals surface area contributed by atoms with Gasteiger partial charge in [0.05, 0.1) is 19.1 Å².